The predicted molar refractivity (Wildman–Crippen MR) is 125 cm³/mol. The van der Waals surface area contributed by atoms with Crippen LogP contribution in [0.3, 0.4) is 0 Å². The van der Waals surface area contributed by atoms with Crippen molar-refractivity contribution in [2.45, 2.75) is 48.1 Å². The molecular formula is C26H34NO2Y-. The van der Waals surface area contributed by atoms with Crippen molar-refractivity contribution in [3.05, 3.63) is 90.0 Å². The Kier molecular flexibility index (Phi) is 19.4. The third-order valence-electron chi connectivity index (χ3n) is 3.62. The number of hydrogen-bond donors (Lipinski definition) is 1. The number of carbonyl (C=O) groups is 1. The number of aldehydes is 1. The van der Waals surface area contributed by atoms with Crippen molar-refractivity contribution in [3.63, 3.8) is 0 Å². The van der Waals surface area contributed by atoms with Crippen LogP contribution in [0.15, 0.2) is 72.8 Å². The second-order valence-electron chi connectivity index (χ2n) is 5.13. The Morgan fingerprint density at radius 1 is 0.733 bits per heavy atom. The average Bonchev–Trinajstić information content (AvgIpc) is 2.85. The van der Waals surface area contributed by atoms with Crippen molar-refractivity contribution < 1.29 is 42.6 Å². The molecule has 3 rings (SSSR count). The molecule has 0 saturated heterocycles. The molecule has 0 unspecified atom stereocenters. The largest absolute Gasteiger partial charge is 0.392 e. The zero-order chi connectivity index (χ0) is 22.1. The smallest absolute Gasteiger partial charge is 0.150 e. The second kappa shape index (κ2) is 19.2. The van der Waals surface area contributed by atoms with E-state index in [4.69, 9.17) is 0 Å². The van der Waals surface area contributed by atoms with Gasteiger partial charge >= 0.3 is 0 Å². The first kappa shape index (κ1) is 30.4. The third-order valence-corrected chi connectivity index (χ3v) is 3.62. The molecular weight excluding hydrogens is 447 g/mol. The molecule has 1 N–H and O–H groups in total. The van der Waals surface area contributed by atoms with E-state index >= 15 is 0 Å². The molecule has 0 heterocycles. The summed E-state index contributed by atoms with van der Waals surface area (Å²) < 4.78 is 0. The molecule has 1 radical (unpaired) electrons. The van der Waals surface area contributed by atoms with Gasteiger partial charge in [0.1, 0.15) is 6.29 Å². The van der Waals surface area contributed by atoms with E-state index in [2.05, 4.69) is 11.0 Å². The molecule has 0 spiro atoms. The number of nitrogens with zero attached hydrogens (tertiary/aromatic N) is 1. The maximum absolute atomic E-state index is 10.9. The minimum Gasteiger partial charge on any atom is -0.392 e. The maximum atomic E-state index is 10.9. The molecule has 0 aliphatic heterocycles. The Morgan fingerprint density at radius 3 is 1.53 bits per heavy atom. The summed E-state index contributed by atoms with van der Waals surface area (Å²) in [5.41, 5.74) is 4.45. The van der Waals surface area contributed by atoms with Crippen LogP contribution >= 0.6 is 0 Å². The van der Waals surface area contributed by atoms with E-state index in [1.165, 1.54) is 0 Å². The van der Waals surface area contributed by atoms with Crippen LogP contribution in [-0.4, -0.2) is 11.4 Å². The van der Waals surface area contributed by atoms with Gasteiger partial charge in [-0.15, -0.1) is 12.1 Å². The van der Waals surface area contributed by atoms with Gasteiger partial charge < -0.3 is 10.0 Å². The Hall–Kier alpha value is -1.81. The van der Waals surface area contributed by atoms with Crippen LogP contribution in [0, 0.1) is 6.07 Å². The molecule has 0 aliphatic carbocycles. The zero-order valence-corrected chi connectivity index (χ0v) is 21.9. The standard InChI is InChI=1S/C20H16NO2.3C2H6.Y/c22-14-16-6-10-19(11-7-16)21(18-4-2-1-3-5-18)20-12-8-17(15-23)9-13-20;3*1-2;/h2-14,23H,15H2;3*1-2H3;/q-1;;;;. The monoisotopic (exact) mass is 481 g/mol. The number of anilines is 3. The molecule has 0 atom stereocenters. The van der Waals surface area contributed by atoms with Gasteiger partial charge in [-0.2, -0.15) is 18.2 Å². The Labute approximate surface area is 208 Å². The van der Waals surface area contributed by atoms with Crippen LogP contribution in [0.1, 0.15) is 57.5 Å². The van der Waals surface area contributed by atoms with Crippen molar-refractivity contribution in [3.8, 4) is 0 Å². The number of aliphatic hydroxyl groups excluding tert-OH is 1. The summed E-state index contributed by atoms with van der Waals surface area (Å²) >= 11 is 0. The van der Waals surface area contributed by atoms with Gasteiger partial charge in [-0.3, -0.25) is 4.79 Å². The van der Waals surface area contributed by atoms with E-state index in [0.717, 1.165) is 28.9 Å². The zero-order valence-electron chi connectivity index (χ0n) is 19.1. The fourth-order valence-corrected chi connectivity index (χ4v) is 2.43. The van der Waals surface area contributed by atoms with E-state index in [1.54, 1.807) is 12.1 Å². The van der Waals surface area contributed by atoms with Gasteiger partial charge in [0.15, 0.2) is 0 Å². The van der Waals surface area contributed by atoms with Crippen molar-refractivity contribution in [2.75, 3.05) is 4.90 Å². The molecule has 0 amide bonds. The molecule has 0 saturated carbocycles. The van der Waals surface area contributed by atoms with Crippen LogP contribution < -0.4 is 4.90 Å². The first-order valence-corrected chi connectivity index (χ1v) is 10.3. The topological polar surface area (TPSA) is 40.5 Å². The van der Waals surface area contributed by atoms with Gasteiger partial charge in [-0.05, 0) is 42.0 Å². The summed E-state index contributed by atoms with van der Waals surface area (Å²) in [5.74, 6) is 0. The van der Waals surface area contributed by atoms with Gasteiger partial charge in [-0.1, -0.05) is 59.4 Å². The summed E-state index contributed by atoms with van der Waals surface area (Å²) in [6.45, 7) is 12.0. The van der Waals surface area contributed by atoms with Crippen molar-refractivity contribution in [1.82, 2.24) is 0 Å². The van der Waals surface area contributed by atoms with Gasteiger partial charge in [0, 0.05) is 49.6 Å². The molecule has 3 aromatic rings. The second-order valence-corrected chi connectivity index (χ2v) is 5.13. The third kappa shape index (κ3) is 9.34. The summed E-state index contributed by atoms with van der Waals surface area (Å²) in [6.07, 6.45) is 0.835. The fraction of sp³-hybridized carbons (Fsp3) is 0.269. The summed E-state index contributed by atoms with van der Waals surface area (Å²) in [6, 6.07) is 25.9. The minimum atomic E-state index is 0. The van der Waals surface area contributed by atoms with Gasteiger partial charge in [-0.25, -0.2) is 0 Å². The summed E-state index contributed by atoms with van der Waals surface area (Å²) in [5, 5.41) is 9.21. The van der Waals surface area contributed by atoms with Crippen molar-refractivity contribution in [2.24, 2.45) is 0 Å². The SMILES string of the molecule is CC.CC.CC.O=Cc1ccc(N(c2cc[c-]cc2)c2ccc(CO)cc2)cc1.[Y]. The van der Waals surface area contributed by atoms with Gasteiger partial charge in [0.25, 0.3) is 0 Å². The number of aliphatic hydroxyl groups is 1. The van der Waals surface area contributed by atoms with Crippen LogP contribution in [0.25, 0.3) is 0 Å². The van der Waals surface area contributed by atoms with E-state index in [9.17, 15) is 9.90 Å². The fourth-order valence-electron chi connectivity index (χ4n) is 2.43. The quantitative estimate of drug-likeness (QED) is 0.306. The number of carbonyl (C=O) groups excluding carboxylic acids is 1. The Bertz CT molecular complexity index is 772. The molecule has 0 aliphatic rings. The van der Waals surface area contributed by atoms with E-state index in [0.29, 0.717) is 5.56 Å². The molecule has 3 aromatic carbocycles. The molecule has 0 bridgehead atoms. The van der Waals surface area contributed by atoms with E-state index in [-0.39, 0.29) is 39.3 Å². The normalized spacial score (nSPS) is 8.50. The predicted octanol–water partition coefficient (Wildman–Crippen LogP) is 7.34. The number of benzene rings is 3. The summed E-state index contributed by atoms with van der Waals surface area (Å²) in [4.78, 5) is 12.9. The molecule has 0 fully saturated rings. The van der Waals surface area contributed by atoms with Crippen LogP contribution in [0.4, 0.5) is 17.1 Å². The minimum absolute atomic E-state index is 0. The number of hydrogen-bond acceptors (Lipinski definition) is 3. The average molecular weight is 481 g/mol. The molecule has 4 heteroatoms. The molecule has 0 aromatic heterocycles. The molecule has 30 heavy (non-hydrogen) atoms. The van der Waals surface area contributed by atoms with Crippen molar-refractivity contribution in [1.29, 1.82) is 0 Å². The first-order valence-electron chi connectivity index (χ1n) is 10.3. The summed E-state index contributed by atoms with van der Waals surface area (Å²) in [7, 11) is 0. The van der Waals surface area contributed by atoms with Gasteiger partial charge in [0.05, 0.1) is 6.61 Å². The van der Waals surface area contributed by atoms with Crippen LogP contribution in [0.5, 0.6) is 0 Å². The first-order chi connectivity index (χ1) is 14.3. The molecule has 159 valence electrons. The van der Waals surface area contributed by atoms with E-state index < -0.39 is 0 Å². The number of rotatable bonds is 5. The van der Waals surface area contributed by atoms with Crippen LogP contribution in [0.2, 0.25) is 0 Å². The Balaban J connectivity index is 0. The molecule has 3 nitrogen and oxygen atoms in total. The van der Waals surface area contributed by atoms with Crippen LogP contribution in [-0.2, 0) is 39.3 Å². The Morgan fingerprint density at radius 2 is 1.13 bits per heavy atom. The van der Waals surface area contributed by atoms with Gasteiger partial charge in [0.2, 0.25) is 0 Å². The van der Waals surface area contributed by atoms with Crippen molar-refractivity contribution >= 4 is 23.3 Å². The van der Waals surface area contributed by atoms with E-state index in [1.807, 2.05) is 102 Å². The maximum Gasteiger partial charge on any atom is 0.150 e.